The number of hydrogen-bond acceptors (Lipinski definition) is 3. The summed E-state index contributed by atoms with van der Waals surface area (Å²) in [5, 5.41) is 9.76. The second-order valence-corrected chi connectivity index (χ2v) is 4.92. The predicted molar refractivity (Wildman–Crippen MR) is 59.1 cm³/mol. The van der Waals surface area contributed by atoms with Gasteiger partial charge in [0.15, 0.2) is 5.78 Å². The molecule has 0 saturated heterocycles. The van der Waals surface area contributed by atoms with Crippen molar-refractivity contribution in [3.05, 3.63) is 22.8 Å². The summed E-state index contributed by atoms with van der Waals surface area (Å²) < 4.78 is 5.71. The first-order valence-electron chi connectivity index (χ1n) is 5.56. The lowest BCUT2D eigenvalue weighted by Crippen LogP contribution is -2.29. The third-order valence-electron chi connectivity index (χ3n) is 3.89. The molecule has 0 aromatic heterocycles. The third-order valence-corrected chi connectivity index (χ3v) is 3.89. The summed E-state index contributed by atoms with van der Waals surface area (Å²) in [5.74, 6) is 0.996. The summed E-state index contributed by atoms with van der Waals surface area (Å²) >= 11 is 0. The standard InChI is InChI=1S/C13H14O3/c1-7-8(2)11-9(5-10(7)14)12(15)13(3-4-13)6-16-11/h5,14H,3-4,6H2,1-2H3. The van der Waals surface area contributed by atoms with Crippen LogP contribution in [0.4, 0.5) is 0 Å². The van der Waals surface area contributed by atoms with Crippen LogP contribution in [0.5, 0.6) is 11.5 Å². The normalized spacial score (nSPS) is 20.5. The molecule has 0 unspecified atom stereocenters. The van der Waals surface area contributed by atoms with E-state index in [2.05, 4.69) is 0 Å². The van der Waals surface area contributed by atoms with Gasteiger partial charge in [-0.15, -0.1) is 0 Å². The minimum atomic E-state index is -0.263. The van der Waals surface area contributed by atoms with E-state index in [1.807, 2.05) is 13.8 Å². The van der Waals surface area contributed by atoms with Gasteiger partial charge in [-0.25, -0.2) is 0 Å². The molecule has 0 bridgehead atoms. The smallest absolute Gasteiger partial charge is 0.176 e. The van der Waals surface area contributed by atoms with Crippen molar-refractivity contribution in [2.45, 2.75) is 26.7 Å². The first kappa shape index (κ1) is 9.70. The lowest BCUT2D eigenvalue weighted by molar-refractivity contribution is 0.0796. The van der Waals surface area contributed by atoms with Crippen molar-refractivity contribution in [1.82, 2.24) is 0 Å². The predicted octanol–water partition coefficient (Wildman–Crippen LogP) is 2.36. The second-order valence-electron chi connectivity index (χ2n) is 4.92. The summed E-state index contributed by atoms with van der Waals surface area (Å²) in [4.78, 5) is 12.2. The van der Waals surface area contributed by atoms with E-state index in [9.17, 15) is 9.90 Å². The first-order valence-corrected chi connectivity index (χ1v) is 5.56. The number of phenols is 1. The highest BCUT2D eigenvalue weighted by Crippen LogP contribution is 2.53. The molecule has 3 nitrogen and oxygen atoms in total. The zero-order chi connectivity index (χ0) is 11.5. The van der Waals surface area contributed by atoms with Crippen LogP contribution in [0.3, 0.4) is 0 Å². The minimum absolute atomic E-state index is 0.146. The van der Waals surface area contributed by atoms with Gasteiger partial charge in [0, 0.05) is 0 Å². The van der Waals surface area contributed by atoms with E-state index in [1.54, 1.807) is 6.07 Å². The maximum atomic E-state index is 12.2. The Morgan fingerprint density at radius 3 is 2.62 bits per heavy atom. The molecule has 16 heavy (non-hydrogen) atoms. The number of fused-ring (bicyclic) bond motifs is 1. The summed E-state index contributed by atoms with van der Waals surface area (Å²) in [6, 6.07) is 1.55. The number of Topliss-reactive ketones (excluding diaryl/α,β-unsaturated/α-hetero) is 1. The Morgan fingerprint density at radius 1 is 1.31 bits per heavy atom. The fourth-order valence-electron chi connectivity index (χ4n) is 2.31. The van der Waals surface area contributed by atoms with Gasteiger partial charge < -0.3 is 9.84 Å². The topological polar surface area (TPSA) is 46.5 Å². The first-order chi connectivity index (χ1) is 7.55. The molecule has 0 radical (unpaired) electrons. The summed E-state index contributed by atoms with van der Waals surface area (Å²) in [6.07, 6.45) is 1.83. The Labute approximate surface area is 94.0 Å². The minimum Gasteiger partial charge on any atom is -0.508 e. The molecule has 1 heterocycles. The van der Waals surface area contributed by atoms with Gasteiger partial charge in [0.05, 0.1) is 11.0 Å². The molecule has 3 heteroatoms. The van der Waals surface area contributed by atoms with Gasteiger partial charge in [-0.05, 0) is 43.9 Å². The van der Waals surface area contributed by atoms with Crippen molar-refractivity contribution in [2.24, 2.45) is 5.41 Å². The highest BCUT2D eigenvalue weighted by Gasteiger charge is 2.54. The van der Waals surface area contributed by atoms with Gasteiger partial charge >= 0.3 is 0 Å². The number of carbonyl (C=O) groups excluding carboxylic acids is 1. The quantitative estimate of drug-likeness (QED) is 0.727. The zero-order valence-corrected chi connectivity index (χ0v) is 9.46. The lowest BCUT2D eigenvalue weighted by Gasteiger charge is -2.26. The number of ketones is 1. The van der Waals surface area contributed by atoms with Gasteiger partial charge in [-0.1, -0.05) is 0 Å². The number of rotatable bonds is 0. The van der Waals surface area contributed by atoms with E-state index in [-0.39, 0.29) is 16.9 Å². The van der Waals surface area contributed by atoms with E-state index >= 15 is 0 Å². The van der Waals surface area contributed by atoms with Crippen molar-refractivity contribution in [3.8, 4) is 11.5 Å². The Balaban J connectivity index is 2.21. The van der Waals surface area contributed by atoms with E-state index in [0.29, 0.717) is 17.9 Å². The Hall–Kier alpha value is -1.51. The molecular weight excluding hydrogens is 204 g/mol. The zero-order valence-electron chi connectivity index (χ0n) is 9.46. The molecule has 1 saturated carbocycles. The number of hydrogen-bond donors (Lipinski definition) is 1. The van der Waals surface area contributed by atoms with Gasteiger partial charge in [0.2, 0.25) is 0 Å². The van der Waals surface area contributed by atoms with Crippen LogP contribution >= 0.6 is 0 Å². The van der Waals surface area contributed by atoms with Gasteiger partial charge in [-0.2, -0.15) is 0 Å². The molecule has 1 aromatic carbocycles. The lowest BCUT2D eigenvalue weighted by atomic mass is 9.89. The fraction of sp³-hybridized carbons (Fsp3) is 0.462. The molecule has 1 spiro atoms. The summed E-state index contributed by atoms with van der Waals surface area (Å²) in [6.45, 7) is 4.22. The average molecular weight is 218 g/mol. The SMILES string of the molecule is Cc1c(O)cc2c(c1C)OCC1(CC1)C2=O. The molecule has 1 aliphatic carbocycles. The molecule has 84 valence electrons. The molecule has 0 atom stereocenters. The third kappa shape index (κ3) is 1.06. The van der Waals surface area contributed by atoms with Crippen molar-refractivity contribution in [1.29, 1.82) is 0 Å². The number of carbonyl (C=O) groups is 1. The van der Waals surface area contributed by atoms with Gasteiger partial charge in [-0.3, -0.25) is 4.79 Å². The van der Waals surface area contributed by atoms with Crippen LogP contribution in [0.2, 0.25) is 0 Å². The van der Waals surface area contributed by atoms with Crippen molar-refractivity contribution >= 4 is 5.78 Å². The Morgan fingerprint density at radius 2 is 2.00 bits per heavy atom. The molecule has 2 aliphatic rings. The Kier molecular flexibility index (Phi) is 1.69. The van der Waals surface area contributed by atoms with Crippen LogP contribution in [0.25, 0.3) is 0 Å². The summed E-state index contributed by atoms with van der Waals surface area (Å²) in [5.41, 5.74) is 1.96. The van der Waals surface area contributed by atoms with Crippen molar-refractivity contribution in [3.63, 3.8) is 0 Å². The van der Waals surface area contributed by atoms with Crippen molar-refractivity contribution in [2.75, 3.05) is 6.61 Å². The molecule has 1 aliphatic heterocycles. The number of phenolic OH excluding ortho intramolecular Hbond substituents is 1. The van der Waals surface area contributed by atoms with Crippen LogP contribution < -0.4 is 4.74 Å². The Bertz CT molecular complexity index is 498. The maximum absolute atomic E-state index is 12.2. The summed E-state index contributed by atoms with van der Waals surface area (Å²) in [7, 11) is 0. The largest absolute Gasteiger partial charge is 0.508 e. The molecule has 3 rings (SSSR count). The molecule has 1 fully saturated rings. The van der Waals surface area contributed by atoms with Gasteiger partial charge in [0.25, 0.3) is 0 Å². The van der Waals surface area contributed by atoms with Crippen LogP contribution in [-0.4, -0.2) is 17.5 Å². The highest BCUT2D eigenvalue weighted by atomic mass is 16.5. The van der Waals surface area contributed by atoms with Crippen LogP contribution in [0, 0.1) is 19.3 Å². The van der Waals surface area contributed by atoms with Crippen LogP contribution in [0.1, 0.15) is 34.3 Å². The molecule has 1 aromatic rings. The van der Waals surface area contributed by atoms with E-state index < -0.39 is 0 Å². The van der Waals surface area contributed by atoms with Gasteiger partial charge in [0.1, 0.15) is 18.1 Å². The molecule has 0 amide bonds. The number of aromatic hydroxyl groups is 1. The second kappa shape index (κ2) is 2.78. The number of ether oxygens (including phenoxy) is 1. The van der Waals surface area contributed by atoms with E-state index in [4.69, 9.17) is 4.74 Å². The van der Waals surface area contributed by atoms with E-state index in [1.165, 1.54) is 0 Å². The fourth-order valence-corrected chi connectivity index (χ4v) is 2.31. The molecular formula is C13H14O3. The highest BCUT2D eigenvalue weighted by molar-refractivity contribution is 6.06. The monoisotopic (exact) mass is 218 g/mol. The number of benzene rings is 1. The van der Waals surface area contributed by atoms with Crippen LogP contribution in [-0.2, 0) is 0 Å². The van der Waals surface area contributed by atoms with Crippen molar-refractivity contribution < 1.29 is 14.6 Å². The van der Waals surface area contributed by atoms with Crippen LogP contribution in [0.15, 0.2) is 6.07 Å². The molecule has 1 N–H and O–H groups in total. The van der Waals surface area contributed by atoms with E-state index in [0.717, 1.165) is 24.0 Å². The average Bonchev–Trinajstić information content (AvgIpc) is 3.03. The maximum Gasteiger partial charge on any atom is 0.176 e.